The molecule has 114 valence electrons. The Morgan fingerprint density at radius 1 is 1.45 bits per heavy atom. The Morgan fingerprint density at radius 3 is 2.70 bits per heavy atom. The van der Waals surface area contributed by atoms with E-state index in [0.29, 0.717) is 25.4 Å². The average Bonchev–Trinajstić information content (AvgIpc) is 3.10. The zero-order valence-electron chi connectivity index (χ0n) is 12.4. The fraction of sp³-hybridized carbons (Fsp3) is 0.857. The van der Waals surface area contributed by atoms with Gasteiger partial charge in [0.2, 0.25) is 0 Å². The maximum Gasteiger partial charge on any atom is 0.317 e. The van der Waals surface area contributed by atoms with Crippen molar-refractivity contribution in [2.45, 2.75) is 38.6 Å². The number of carbonyl (C=O) groups excluding carboxylic acids is 1. The van der Waals surface area contributed by atoms with Crippen LogP contribution < -0.4 is 5.32 Å². The van der Waals surface area contributed by atoms with Gasteiger partial charge in [0.1, 0.15) is 0 Å². The minimum Gasteiger partial charge on any atom is -0.481 e. The Morgan fingerprint density at radius 2 is 2.15 bits per heavy atom. The van der Waals surface area contributed by atoms with Crippen molar-refractivity contribution >= 4 is 12.0 Å². The van der Waals surface area contributed by atoms with E-state index in [-0.39, 0.29) is 12.6 Å². The lowest BCUT2D eigenvalue weighted by atomic mass is 10.1. The number of amides is 2. The summed E-state index contributed by atoms with van der Waals surface area (Å²) < 4.78 is 0. The smallest absolute Gasteiger partial charge is 0.317 e. The predicted octanol–water partition coefficient (Wildman–Crippen LogP) is 0.977. The third-order valence-corrected chi connectivity index (χ3v) is 4.62. The van der Waals surface area contributed by atoms with Gasteiger partial charge in [-0.15, -0.1) is 0 Å². The summed E-state index contributed by atoms with van der Waals surface area (Å²) in [4.78, 5) is 27.2. The van der Waals surface area contributed by atoms with Crippen molar-refractivity contribution in [2.24, 2.45) is 5.41 Å². The van der Waals surface area contributed by atoms with Crippen LogP contribution in [0.1, 0.15) is 32.6 Å². The van der Waals surface area contributed by atoms with E-state index in [1.165, 1.54) is 6.42 Å². The first-order valence-corrected chi connectivity index (χ1v) is 7.45. The maximum absolute atomic E-state index is 12.0. The highest BCUT2D eigenvalue weighted by atomic mass is 16.4. The number of nitrogens with zero attached hydrogens (tertiary/aromatic N) is 2. The highest BCUT2D eigenvalue weighted by molar-refractivity contribution is 5.80. The molecule has 1 saturated carbocycles. The highest BCUT2D eigenvalue weighted by Crippen LogP contribution is 2.45. The van der Waals surface area contributed by atoms with Crippen molar-refractivity contribution in [3.8, 4) is 0 Å². The first kappa shape index (κ1) is 15.1. The number of hydrogen-bond donors (Lipinski definition) is 2. The molecule has 2 rings (SSSR count). The maximum atomic E-state index is 12.0. The Kier molecular flexibility index (Phi) is 4.52. The topological polar surface area (TPSA) is 72.9 Å². The van der Waals surface area contributed by atoms with Gasteiger partial charge in [-0.1, -0.05) is 6.92 Å². The van der Waals surface area contributed by atoms with Crippen LogP contribution in [0.4, 0.5) is 4.79 Å². The summed E-state index contributed by atoms with van der Waals surface area (Å²) in [5, 5.41) is 11.8. The molecule has 1 saturated heterocycles. The normalized spacial score (nSPS) is 24.4. The molecule has 1 aliphatic carbocycles. The van der Waals surface area contributed by atoms with Gasteiger partial charge in [-0.3, -0.25) is 9.69 Å². The Labute approximate surface area is 120 Å². The summed E-state index contributed by atoms with van der Waals surface area (Å²) in [6.45, 7) is 5.22. The Bertz CT molecular complexity index is 382. The van der Waals surface area contributed by atoms with Crippen LogP contribution in [0.5, 0.6) is 0 Å². The van der Waals surface area contributed by atoms with Crippen LogP contribution in [0.2, 0.25) is 0 Å². The molecule has 20 heavy (non-hydrogen) atoms. The molecule has 1 heterocycles. The second kappa shape index (κ2) is 5.99. The minimum absolute atomic E-state index is 0.166. The van der Waals surface area contributed by atoms with Gasteiger partial charge in [0.05, 0.1) is 5.41 Å². The van der Waals surface area contributed by atoms with Crippen molar-refractivity contribution in [2.75, 3.05) is 33.2 Å². The quantitative estimate of drug-likeness (QED) is 0.762. The van der Waals surface area contributed by atoms with Crippen LogP contribution >= 0.6 is 0 Å². The molecular weight excluding hydrogens is 258 g/mol. The SMILES string of the molecule is CCN1CCCC1CN(C)C(=O)NCC1(C(=O)O)CC1. The molecule has 0 aromatic heterocycles. The predicted molar refractivity (Wildman–Crippen MR) is 75.6 cm³/mol. The molecule has 2 amide bonds. The summed E-state index contributed by atoms with van der Waals surface area (Å²) in [5.74, 6) is -0.798. The van der Waals surface area contributed by atoms with Crippen LogP contribution in [-0.2, 0) is 4.79 Å². The molecule has 1 unspecified atom stereocenters. The lowest BCUT2D eigenvalue weighted by Crippen LogP contribution is -2.46. The molecule has 2 fully saturated rings. The number of nitrogens with one attached hydrogen (secondary N) is 1. The molecule has 1 atom stereocenters. The molecule has 2 N–H and O–H groups in total. The van der Waals surface area contributed by atoms with E-state index >= 15 is 0 Å². The van der Waals surface area contributed by atoms with Gasteiger partial charge in [-0.05, 0) is 38.8 Å². The number of carbonyl (C=O) groups is 2. The summed E-state index contributed by atoms with van der Waals surface area (Å²) in [7, 11) is 1.78. The molecular formula is C14H25N3O3. The Balaban J connectivity index is 1.76. The number of likely N-dealkylation sites (tertiary alicyclic amines) is 1. The van der Waals surface area contributed by atoms with Crippen molar-refractivity contribution in [3.05, 3.63) is 0 Å². The van der Waals surface area contributed by atoms with Crippen LogP contribution in [-0.4, -0.2) is 66.2 Å². The zero-order chi connectivity index (χ0) is 14.8. The summed E-state index contributed by atoms with van der Waals surface area (Å²) in [6.07, 6.45) is 3.65. The van der Waals surface area contributed by atoms with Crippen LogP contribution in [0.15, 0.2) is 0 Å². The molecule has 1 aliphatic heterocycles. The average molecular weight is 283 g/mol. The van der Waals surface area contributed by atoms with Crippen molar-refractivity contribution < 1.29 is 14.7 Å². The van der Waals surface area contributed by atoms with E-state index in [1.54, 1.807) is 11.9 Å². The second-order valence-corrected chi connectivity index (χ2v) is 6.05. The molecule has 0 aromatic rings. The molecule has 0 aromatic carbocycles. The van der Waals surface area contributed by atoms with Crippen molar-refractivity contribution in [3.63, 3.8) is 0 Å². The Hall–Kier alpha value is -1.30. The monoisotopic (exact) mass is 283 g/mol. The third kappa shape index (κ3) is 3.23. The van der Waals surface area contributed by atoms with Gasteiger partial charge in [0, 0.05) is 26.2 Å². The fourth-order valence-corrected chi connectivity index (χ4v) is 2.91. The van der Waals surface area contributed by atoms with E-state index in [2.05, 4.69) is 17.1 Å². The summed E-state index contributed by atoms with van der Waals surface area (Å²) in [6, 6.07) is 0.269. The van der Waals surface area contributed by atoms with E-state index in [1.807, 2.05) is 0 Å². The lowest BCUT2D eigenvalue weighted by molar-refractivity contribution is -0.143. The van der Waals surface area contributed by atoms with Gasteiger partial charge in [-0.2, -0.15) is 0 Å². The molecule has 6 heteroatoms. The largest absolute Gasteiger partial charge is 0.481 e. The van der Waals surface area contributed by atoms with Crippen LogP contribution in [0.25, 0.3) is 0 Å². The fourth-order valence-electron chi connectivity index (χ4n) is 2.91. The van der Waals surface area contributed by atoms with Crippen molar-refractivity contribution in [1.82, 2.24) is 15.1 Å². The molecule has 0 bridgehead atoms. The second-order valence-electron chi connectivity index (χ2n) is 6.05. The standard InChI is InChI=1S/C14H25N3O3/c1-3-17-8-4-5-11(17)9-16(2)13(20)15-10-14(6-7-14)12(18)19/h11H,3-10H2,1-2H3,(H,15,20)(H,18,19). The number of carboxylic acids is 1. The molecule has 6 nitrogen and oxygen atoms in total. The number of rotatable bonds is 6. The number of hydrogen-bond acceptors (Lipinski definition) is 3. The lowest BCUT2D eigenvalue weighted by Gasteiger charge is -2.28. The van der Waals surface area contributed by atoms with Crippen molar-refractivity contribution in [1.29, 1.82) is 0 Å². The van der Waals surface area contributed by atoms with Gasteiger partial charge in [0.25, 0.3) is 0 Å². The minimum atomic E-state index is -0.798. The van der Waals surface area contributed by atoms with Crippen LogP contribution in [0, 0.1) is 5.41 Å². The van der Waals surface area contributed by atoms with E-state index in [4.69, 9.17) is 5.11 Å². The molecule has 0 radical (unpaired) electrons. The van der Waals surface area contributed by atoms with Crippen LogP contribution in [0.3, 0.4) is 0 Å². The van der Waals surface area contributed by atoms with Gasteiger partial charge in [0.15, 0.2) is 0 Å². The molecule has 0 spiro atoms. The summed E-state index contributed by atoms with van der Waals surface area (Å²) >= 11 is 0. The van der Waals surface area contributed by atoms with Gasteiger partial charge in [-0.25, -0.2) is 4.79 Å². The number of urea groups is 1. The van der Waals surface area contributed by atoms with E-state index in [9.17, 15) is 9.59 Å². The van der Waals surface area contributed by atoms with Gasteiger partial charge >= 0.3 is 12.0 Å². The number of aliphatic carboxylic acids is 1. The number of carboxylic acid groups (broad SMARTS) is 1. The van der Waals surface area contributed by atoms with Gasteiger partial charge < -0.3 is 15.3 Å². The first-order chi connectivity index (χ1) is 9.48. The summed E-state index contributed by atoms with van der Waals surface area (Å²) in [5.41, 5.74) is -0.695. The third-order valence-electron chi connectivity index (χ3n) is 4.62. The van der Waals surface area contributed by atoms with E-state index < -0.39 is 11.4 Å². The first-order valence-electron chi connectivity index (χ1n) is 7.45. The highest BCUT2D eigenvalue weighted by Gasteiger charge is 2.50. The molecule has 2 aliphatic rings. The van der Waals surface area contributed by atoms with E-state index in [0.717, 1.165) is 19.5 Å². The number of likely N-dealkylation sites (N-methyl/N-ethyl adjacent to an activating group) is 2. The zero-order valence-corrected chi connectivity index (χ0v) is 12.4.